The number of carbonyl (C=O) groups is 3. The highest BCUT2D eigenvalue weighted by Crippen LogP contribution is 2.36. The first kappa shape index (κ1) is 23.5. The Balaban J connectivity index is 1.55. The third-order valence-electron chi connectivity index (χ3n) is 5.22. The molecule has 0 saturated carbocycles. The lowest BCUT2D eigenvalue weighted by molar-refractivity contribution is -0.151. The fourth-order valence-electron chi connectivity index (χ4n) is 3.53. The van der Waals surface area contributed by atoms with Crippen molar-refractivity contribution in [1.82, 2.24) is 4.98 Å². The largest absolute Gasteiger partial charge is 0.535 e. The van der Waals surface area contributed by atoms with E-state index in [1.807, 2.05) is 6.92 Å². The summed E-state index contributed by atoms with van der Waals surface area (Å²) >= 11 is 0. The number of fused-ring (bicyclic) bond motifs is 1. The number of hydrogen-bond donors (Lipinski definition) is 1. The maximum Gasteiger partial charge on any atom is 0.526 e. The number of ketones is 1. The molecule has 0 fully saturated rings. The van der Waals surface area contributed by atoms with E-state index in [1.54, 1.807) is 36.7 Å². The molecule has 1 aliphatic rings. The second kappa shape index (κ2) is 11.4. The van der Waals surface area contributed by atoms with Gasteiger partial charge in [0, 0.05) is 31.1 Å². The predicted octanol–water partition coefficient (Wildman–Crippen LogP) is 2.92. The van der Waals surface area contributed by atoms with Gasteiger partial charge in [-0.15, -0.1) is 0 Å². The SMILES string of the molecule is CCCCC(=O)C[C@H]1Cc2cccc(C(=O)OCOC(=O)Cc3cccnc3)c2OB1O. The summed E-state index contributed by atoms with van der Waals surface area (Å²) in [6, 6.07) is 8.43. The smallest absolute Gasteiger partial charge is 0.526 e. The average Bonchev–Trinajstić information content (AvgIpc) is 2.78. The molecule has 1 aromatic carbocycles. The van der Waals surface area contributed by atoms with Crippen molar-refractivity contribution >= 4 is 24.8 Å². The zero-order chi connectivity index (χ0) is 22.9. The molecule has 32 heavy (non-hydrogen) atoms. The molecular formula is C23H26BNO7. The van der Waals surface area contributed by atoms with Crippen molar-refractivity contribution in [3.8, 4) is 5.75 Å². The highest BCUT2D eigenvalue weighted by molar-refractivity contribution is 6.47. The van der Waals surface area contributed by atoms with Crippen molar-refractivity contribution in [2.24, 2.45) is 0 Å². The third-order valence-corrected chi connectivity index (χ3v) is 5.22. The normalized spacial score (nSPS) is 14.8. The molecule has 8 nitrogen and oxygen atoms in total. The van der Waals surface area contributed by atoms with Gasteiger partial charge in [0.05, 0.1) is 6.42 Å². The van der Waals surface area contributed by atoms with Crippen LogP contribution >= 0.6 is 0 Å². The Morgan fingerprint density at radius 3 is 2.81 bits per heavy atom. The van der Waals surface area contributed by atoms with Crippen molar-refractivity contribution in [3.05, 3.63) is 59.4 Å². The number of carbonyl (C=O) groups excluding carboxylic acids is 3. The molecule has 168 valence electrons. The van der Waals surface area contributed by atoms with Crippen LogP contribution in [-0.2, 0) is 31.9 Å². The van der Waals surface area contributed by atoms with E-state index in [4.69, 9.17) is 14.1 Å². The summed E-state index contributed by atoms with van der Waals surface area (Å²) in [6.07, 6.45) is 6.04. The van der Waals surface area contributed by atoms with Gasteiger partial charge in [0.2, 0.25) is 6.79 Å². The lowest BCUT2D eigenvalue weighted by Crippen LogP contribution is -2.36. The molecule has 9 heteroatoms. The first-order valence-corrected chi connectivity index (χ1v) is 10.7. The van der Waals surface area contributed by atoms with E-state index >= 15 is 0 Å². The van der Waals surface area contributed by atoms with Gasteiger partial charge < -0.3 is 19.2 Å². The van der Waals surface area contributed by atoms with Gasteiger partial charge in [0.1, 0.15) is 17.1 Å². The monoisotopic (exact) mass is 439 g/mol. The molecule has 2 heterocycles. The average molecular weight is 439 g/mol. The van der Waals surface area contributed by atoms with E-state index in [-0.39, 0.29) is 35.8 Å². The summed E-state index contributed by atoms with van der Waals surface area (Å²) in [6.45, 7) is 1.48. The molecule has 1 aromatic heterocycles. The first-order valence-electron chi connectivity index (χ1n) is 10.7. The number of rotatable bonds is 10. The molecule has 0 radical (unpaired) electrons. The predicted molar refractivity (Wildman–Crippen MR) is 116 cm³/mol. The summed E-state index contributed by atoms with van der Waals surface area (Å²) in [5.41, 5.74) is 1.53. The van der Waals surface area contributed by atoms with Gasteiger partial charge in [-0.3, -0.25) is 14.6 Å². The summed E-state index contributed by atoms with van der Waals surface area (Å²) in [7, 11) is -1.20. The number of pyridine rings is 1. The van der Waals surface area contributed by atoms with Crippen LogP contribution in [0.15, 0.2) is 42.7 Å². The van der Waals surface area contributed by atoms with Crippen LogP contribution in [0.5, 0.6) is 5.75 Å². The topological polar surface area (TPSA) is 112 Å². The highest BCUT2D eigenvalue weighted by Gasteiger charge is 2.37. The van der Waals surface area contributed by atoms with E-state index in [9.17, 15) is 19.4 Å². The molecule has 1 aliphatic heterocycles. The molecule has 0 bridgehead atoms. The lowest BCUT2D eigenvalue weighted by Gasteiger charge is -2.28. The van der Waals surface area contributed by atoms with Gasteiger partial charge in [-0.05, 0) is 36.1 Å². The number of ether oxygens (including phenoxy) is 2. The minimum Gasteiger partial charge on any atom is -0.535 e. The number of Topliss-reactive ketones (excluding diaryl/α,β-unsaturated/α-hetero) is 1. The van der Waals surface area contributed by atoms with Crippen molar-refractivity contribution in [3.63, 3.8) is 0 Å². The Hall–Kier alpha value is -3.20. The number of hydrogen-bond acceptors (Lipinski definition) is 8. The Kier molecular flexibility index (Phi) is 8.38. The van der Waals surface area contributed by atoms with E-state index in [2.05, 4.69) is 4.98 Å². The van der Waals surface area contributed by atoms with E-state index < -0.39 is 25.8 Å². The summed E-state index contributed by atoms with van der Waals surface area (Å²) in [5, 5.41) is 10.4. The standard InChI is InChI=1S/C23H26BNO7/c1-2-3-8-19(26)13-18-12-17-7-4-9-20(22(17)32-24(18)29)23(28)31-15-30-21(27)11-16-6-5-10-25-14-16/h4-7,9-10,14,18,29H,2-3,8,11-13,15H2,1H3/t18-/m1/s1. The zero-order valence-electron chi connectivity index (χ0n) is 18.0. The van der Waals surface area contributed by atoms with E-state index in [0.29, 0.717) is 24.0 Å². The molecule has 1 N–H and O–H groups in total. The minimum atomic E-state index is -1.20. The quantitative estimate of drug-likeness (QED) is 0.342. The molecule has 0 aliphatic carbocycles. The van der Waals surface area contributed by atoms with Crippen molar-refractivity contribution in [2.75, 3.05) is 6.79 Å². The molecule has 0 saturated heterocycles. The van der Waals surface area contributed by atoms with Crippen LogP contribution in [0, 0.1) is 0 Å². The van der Waals surface area contributed by atoms with Crippen molar-refractivity contribution in [1.29, 1.82) is 0 Å². The summed E-state index contributed by atoms with van der Waals surface area (Å²) in [4.78, 5) is 40.4. The van der Waals surface area contributed by atoms with Gasteiger partial charge in [-0.2, -0.15) is 0 Å². The molecule has 0 spiro atoms. The van der Waals surface area contributed by atoms with Crippen LogP contribution in [0.1, 0.15) is 54.1 Å². The molecule has 0 unspecified atom stereocenters. The second-order valence-electron chi connectivity index (χ2n) is 7.72. The molecular weight excluding hydrogens is 413 g/mol. The zero-order valence-corrected chi connectivity index (χ0v) is 18.0. The number of benzene rings is 1. The number of unbranched alkanes of at least 4 members (excludes halogenated alkanes) is 1. The van der Waals surface area contributed by atoms with Gasteiger partial charge in [0.15, 0.2) is 0 Å². The third kappa shape index (κ3) is 6.40. The maximum absolute atomic E-state index is 12.5. The number of esters is 2. The number of aromatic nitrogens is 1. The van der Waals surface area contributed by atoms with E-state index in [0.717, 1.165) is 12.8 Å². The van der Waals surface area contributed by atoms with E-state index in [1.165, 1.54) is 6.07 Å². The van der Waals surface area contributed by atoms with Crippen LogP contribution in [0.25, 0.3) is 0 Å². The van der Waals surface area contributed by atoms with Crippen LogP contribution in [0.2, 0.25) is 5.82 Å². The fourth-order valence-corrected chi connectivity index (χ4v) is 3.53. The Morgan fingerprint density at radius 2 is 2.06 bits per heavy atom. The summed E-state index contributed by atoms with van der Waals surface area (Å²) < 4.78 is 15.6. The van der Waals surface area contributed by atoms with Gasteiger partial charge in [-0.25, -0.2) is 4.79 Å². The van der Waals surface area contributed by atoms with Crippen molar-refractivity contribution in [2.45, 2.75) is 51.3 Å². The fraction of sp³-hybridized carbons (Fsp3) is 0.391. The van der Waals surface area contributed by atoms with Crippen LogP contribution in [-0.4, -0.2) is 41.6 Å². The van der Waals surface area contributed by atoms with Crippen molar-refractivity contribution < 1.29 is 33.5 Å². The molecule has 1 atom stereocenters. The van der Waals surface area contributed by atoms with Gasteiger partial charge in [0.25, 0.3) is 0 Å². The van der Waals surface area contributed by atoms with Crippen LogP contribution < -0.4 is 4.65 Å². The highest BCUT2D eigenvalue weighted by atomic mass is 16.7. The Morgan fingerprint density at radius 1 is 1.22 bits per heavy atom. The lowest BCUT2D eigenvalue weighted by atomic mass is 9.64. The number of nitrogens with zero attached hydrogens (tertiary/aromatic N) is 1. The Labute approximate surface area is 187 Å². The molecule has 2 aromatic rings. The number of para-hydroxylation sites is 1. The van der Waals surface area contributed by atoms with Crippen LogP contribution in [0.3, 0.4) is 0 Å². The maximum atomic E-state index is 12.5. The second-order valence-corrected chi connectivity index (χ2v) is 7.72. The molecule has 0 amide bonds. The van der Waals surface area contributed by atoms with Gasteiger partial charge >= 0.3 is 19.1 Å². The molecule has 3 rings (SSSR count). The first-order chi connectivity index (χ1) is 15.5. The van der Waals surface area contributed by atoms with Gasteiger partial charge in [-0.1, -0.05) is 31.5 Å². The van der Waals surface area contributed by atoms with Crippen LogP contribution in [0.4, 0.5) is 0 Å². The minimum absolute atomic E-state index is 0.0137. The summed E-state index contributed by atoms with van der Waals surface area (Å²) in [5.74, 6) is -1.34. The Bertz CT molecular complexity index is 951.